The third kappa shape index (κ3) is 4.52. The van der Waals surface area contributed by atoms with Crippen molar-refractivity contribution in [3.63, 3.8) is 0 Å². The maximum absolute atomic E-state index is 13.6. The molecule has 0 N–H and O–H groups in total. The van der Waals surface area contributed by atoms with E-state index in [1.165, 1.54) is 0 Å². The summed E-state index contributed by atoms with van der Waals surface area (Å²) in [5, 5.41) is 7.99. The van der Waals surface area contributed by atoms with E-state index in [1.807, 2.05) is 13.0 Å². The molecule has 2 bridgehead atoms. The lowest BCUT2D eigenvalue weighted by Gasteiger charge is -2.37. The third-order valence-corrected chi connectivity index (χ3v) is 6.92. The molecule has 2 fully saturated rings. The summed E-state index contributed by atoms with van der Waals surface area (Å²) < 4.78 is 90.6. The molecular formula is C22H23F6N5O2. The Morgan fingerprint density at radius 2 is 1.80 bits per heavy atom. The minimum atomic E-state index is -4.77. The molecule has 1 saturated heterocycles. The van der Waals surface area contributed by atoms with E-state index in [1.54, 1.807) is 0 Å². The molecule has 1 aliphatic heterocycles. The Bertz CT molecular complexity index is 1210. The Morgan fingerprint density at radius 1 is 1.11 bits per heavy atom. The van der Waals surface area contributed by atoms with E-state index in [0.29, 0.717) is 36.0 Å². The Morgan fingerprint density at radius 3 is 2.37 bits per heavy atom. The topological polar surface area (TPSA) is 68.7 Å². The summed E-state index contributed by atoms with van der Waals surface area (Å²) in [5.41, 5.74) is -0.730. The molecule has 3 aromatic rings. The molecule has 0 amide bonds. The molecule has 190 valence electrons. The zero-order valence-electron chi connectivity index (χ0n) is 18.9. The first-order valence-corrected chi connectivity index (χ1v) is 11.3. The van der Waals surface area contributed by atoms with E-state index >= 15 is 0 Å². The highest BCUT2D eigenvalue weighted by Crippen LogP contribution is 2.45. The first-order valence-electron chi connectivity index (χ1n) is 11.3. The lowest BCUT2D eigenvalue weighted by molar-refractivity contribution is -0.189. The predicted octanol–water partition coefficient (Wildman–Crippen LogP) is 5.08. The van der Waals surface area contributed by atoms with Gasteiger partial charge in [-0.05, 0) is 56.6 Å². The number of alkyl halides is 6. The summed E-state index contributed by atoms with van der Waals surface area (Å²) >= 11 is 0. The minimum absolute atomic E-state index is 0.139. The zero-order valence-corrected chi connectivity index (χ0v) is 18.9. The Balaban J connectivity index is 1.42. The van der Waals surface area contributed by atoms with Crippen LogP contribution >= 0.6 is 0 Å². The van der Waals surface area contributed by atoms with E-state index in [0.717, 1.165) is 31.5 Å². The van der Waals surface area contributed by atoms with Gasteiger partial charge in [0.05, 0.1) is 5.69 Å². The maximum Gasteiger partial charge on any atom is 0.433 e. The molecular weight excluding hydrogens is 480 g/mol. The number of nitrogens with zero attached hydrogens (tertiary/aromatic N) is 5. The first-order chi connectivity index (χ1) is 16.4. The second-order valence-corrected chi connectivity index (χ2v) is 9.32. The number of rotatable bonds is 5. The summed E-state index contributed by atoms with van der Waals surface area (Å²) in [7, 11) is 0. The molecule has 0 spiro atoms. The zero-order chi connectivity index (χ0) is 25.1. The standard InChI is InChI=1S/C22H23F6N5O2/c1-11-7-19(35-31-11)32-9-13-3-4-14(10-32)15(13)8-18-29-20-16(34-12(2)21(23,24)25)5-6-17(22(26,27)28)33(20)30-18/h5-7,12-15H,3-4,8-10H2,1-2H3/t12?,13-,14+,15?. The molecule has 1 aliphatic carbocycles. The van der Waals surface area contributed by atoms with Gasteiger partial charge in [0.15, 0.2) is 23.3 Å². The Kier molecular flexibility index (Phi) is 5.63. The van der Waals surface area contributed by atoms with Gasteiger partial charge < -0.3 is 14.2 Å². The highest BCUT2D eigenvalue weighted by atomic mass is 19.4. The summed E-state index contributed by atoms with van der Waals surface area (Å²) in [6, 6.07) is 3.39. The monoisotopic (exact) mass is 503 g/mol. The number of ether oxygens (including phenoxy) is 1. The molecule has 7 nitrogen and oxygen atoms in total. The number of fused-ring (bicyclic) bond motifs is 3. The van der Waals surface area contributed by atoms with Crippen LogP contribution in [-0.2, 0) is 12.6 Å². The molecule has 4 atom stereocenters. The minimum Gasteiger partial charge on any atom is -0.477 e. The van der Waals surface area contributed by atoms with Crippen molar-refractivity contribution in [3.8, 4) is 5.75 Å². The van der Waals surface area contributed by atoms with Crippen molar-refractivity contribution in [1.29, 1.82) is 0 Å². The van der Waals surface area contributed by atoms with Crippen molar-refractivity contribution < 1.29 is 35.6 Å². The van der Waals surface area contributed by atoms with Crippen LogP contribution in [0.1, 0.15) is 37.0 Å². The molecule has 2 aliphatic rings. The van der Waals surface area contributed by atoms with Gasteiger partial charge in [0.1, 0.15) is 5.69 Å². The third-order valence-electron chi connectivity index (χ3n) is 6.92. The fraction of sp³-hybridized carbons (Fsp3) is 0.591. The second-order valence-electron chi connectivity index (χ2n) is 9.32. The van der Waals surface area contributed by atoms with Gasteiger partial charge >= 0.3 is 12.4 Å². The number of aryl methyl sites for hydroxylation is 1. The number of halogens is 6. The molecule has 4 heterocycles. The van der Waals surface area contributed by atoms with Gasteiger partial charge in [-0.1, -0.05) is 5.16 Å². The Labute approximate surface area is 196 Å². The summed E-state index contributed by atoms with van der Waals surface area (Å²) in [6.07, 6.45) is -9.43. The fourth-order valence-corrected chi connectivity index (χ4v) is 5.19. The normalized spacial score (nSPS) is 23.8. The van der Waals surface area contributed by atoms with Gasteiger partial charge in [-0.25, -0.2) is 9.50 Å². The number of aromatic nitrogens is 4. The second kappa shape index (κ2) is 8.30. The SMILES string of the molecule is Cc1cc(N2C[C@H]3CC[C@@H](C2)C3Cc2nc3c(OC(C)C(F)(F)F)ccc(C(F)(F)F)n3n2)on1. The van der Waals surface area contributed by atoms with Crippen LogP contribution in [0.2, 0.25) is 0 Å². The van der Waals surface area contributed by atoms with Crippen LogP contribution in [0, 0.1) is 24.7 Å². The van der Waals surface area contributed by atoms with E-state index in [2.05, 4.69) is 20.1 Å². The fourth-order valence-electron chi connectivity index (χ4n) is 5.19. The molecule has 13 heteroatoms. The highest BCUT2D eigenvalue weighted by Gasteiger charge is 2.44. The molecule has 35 heavy (non-hydrogen) atoms. The number of hydrogen-bond donors (Lipinski definition) is 0. The van der Waals surface area contributed by atoms with E-state index < -0.39 is 29.9 Å². The molecule has 0 aromatic carbocycles. The first kappa shape index (κ1) is 23.7. The van der Waals surface area contributed by atoms with Gasteiger partial charge in [0.2, 0.25) is 5.88 Å². The van der Waals surface area contributed by atoms with E-state index in [4.69, 9.17) is 9.26 Å². The van der Waals surface area contributed by atoms with Crippen LogP contribution in [0.15, 0.2) is 22.7 Å². The lowest BCUT2D eigenvalue weighted by atomic mass is 9.82. The number of piperidine rings is 1. The molecule has 5 rings (SSSR count). The van der Waals surface area contributed by atoms with Gasteiger partial charge in [-0.3, -0.25) is 0 Å². The van der Waals surface area contributed by atoms with E-state index in [-0.39, 0.29) is 29.2 Å². The molecule has 0 radical (unpaired) electrons. The van der Waals surface area contributed by atoms with Crippen molar-refractivity contribution in [3.05, 3.63) is 35.4 Å². The highest BCUT2D eigenvalue weighted by molar-refractivity contribution is 5.54. The largest absolute Gasteiger partial charge is 0.477 e. The predicted molar refractivity (Wildman–Crippen MR) is 111 cm³/mol. The number of anilines is 1. The van der Waals surface area contributed by atoms with Gasteiger partial charge in [-0.15, -0.1) is 0 Å². The lowest BCUT2D eigenvalue weighted by Crippen LogP contribution is -2.42. The van der Waals surface area contributed by atoms with Crippen molar-refractivity contribution in [1.82, 2.24) is 19.8 Å². The van der Waals surface area contributed by atoms with Crippen LogP contribution in [0.5, 0.6) is 5.75 Å². The van der Waals surface area contributed by atoms with Crippen LogP contribution in [-0.4, -0.2) is 45.1 Å². The average molecular weight is 503 g/mol. The van der Waals surface area contributed by atoms with Crippen LogP contribution in [0.4, 0.5) is 32.2 Å². The van der Waals surface area contributed by atoms with Gasteiger partial charge in [0, 0.05) is 25.6 Å². The maximum atomic E-state index is 13.6. The van der Waals surface area contributed by atoms with Crippen LogP contribution in [0.25, 0.3) is 5.65 Å². The van der Waals surface area contributed by atoms with Crippen molar-refractivity contribution in [2.75, 3.05) is 18.0 Å². The quantitative estimate of drug-likeness (QED) is 0.453. The van der Waals surface area contributed by atoms with Gasteiger partial charge in [-0.2, -0.15) is 31.4 Å². The van der Waals surface area contributed by atoms with Crippen molar-refractivity contribution in [2.24, 2.45) is 17.8 Å². The summed E-state index contributed by atoms with van der Waals surface area (Å²) in [4.78, 5) is 6.34. The molecule has 3 aromatic heterocycles. The molecule has 1 saturated carbocycles. The Hall–Kier alpha value is -2.99. The van der Waals surface area contributed by atoms with Gasteiger partial charge in [0.25, 0.3) is 0 Å². The number of hydrogen-bond acceptors (Lipinski definition) is 6. The molecule has 2 unspecified atom stereocenters. The summed E-state index contributed by atoms with van der Waals surface area (Å²) in [6.45, 7) is 4.06. The summed E-state index contributed by atoms with van der Waals surface area (Å²) in [5.74, 6) is 1.10. The van der Waals surface area contributed by atoms with Crippen LogP contribution < -0.4 is 9.64 Å². The van der Waals surface area contributed by atoms with Crippen molar-refractivity contribution in [2.45, 2.75) is 51.6 Å². The number of pyridine rings is 1. The van der Waals surface area contributed by atoms with Crippen LogP contribution in [0.3, 0.4) is 0 Å². The average Bonchev–Trinajstić information content (AvgIpc) is 3.43. The van der Waals surface area contributed by atoms with Crippen molar-refractivity contribution >= 4 is 11.5 Å². The smallest absolute Gasteiger partial charge is 0.433 e. The van der Waals surface area contributed by atoms with E-state index in [9.17, 15) is 26.3 Å².